The van der Waals surface area contributed by atoms with Crippen molar-refractivity contribution in [1.82, 2.24) is 20.1 Å². The van der Waals surface area contributed by atoms with E-state index in [9.17, 15) is 9.59 Å². The van der Waals surface area contributed by atoms with Crippen LogP contribution in [-0.2, 0) is 29.0 Å². The molecule has 4 rings (SSSR count). The number of fused-ring (bicyclic) bond motifs is 1. The minimum Gasteiger partial charge on any atom is -0.497 e. The fourth-order valence-electron chi connectivity index (χ4n) is 4.07. The van der Waals surface area contributed by atoms with E-state index in [0.717, 1.165) is 48.9 Å². The molecule has 29 heavy (non-hydrogen) atoms. The average Bonchev–Trinajstić information content (AvgIpc) is 3.23. The normalized spacial score (nSPS) is 19.0. The van der Waals surface area contributed by atoms with E-state index < -0.39 is 0 Å². The number of anilines is 1. The molecule has 1 atom stereocenters. The summed E-state index contributed by atoms with van der Waals surface area (Å²) in [5.74, 6) is 2.29. The Morgan fingerprint density at radius 3 is 2.83 bits per heavy atom. The minimum atomic E-state index is -0.333. The van der Waals surface area contributed by atoms with Crippen LogP contribution in [0.25, 0.3) is 0 Å². The van der Waals surface area contributed by atoms with Gasteiger partial charge < -0.3 is 19.5 Å². The second kappa shape index (κ2) is 8.63. The third kappa shape index (κ3) is 4.26. The van der Waals surface area contributed by atoms with Gasteiger partial charge in [-0.25, -0.2) is 0 Å². The molecule has 2 aliphatic rings. The first-order valence-electron chi connectivity index (χ1n) is 10.3. The van der Waals surface area contributed by atoms with E-state index in [1.165, 1.54) is 6.42 Å². The molecule has 154 valence electrons. The van der Waals surface area contributed by atoms with Gasteiger partial charge in [-0.3, -0.25) is 9.59 Å². The van der Waals surface area contributed by atoms with Gasteiger partial charge in [-0.05, 0) is 37.1 Å². The van der Waals surface area contributed by atoms with Crippen molar-refractivity contribution in [3.05, 3.63) is 35.9 Å². The fraction of sp³-hybridized carbons (Fsp3) is 0.524. The molecule has 0 bridgehead atoms. The van der Waals surface area contributed by atoms with E-state index in [0.29, 0.717) is 19.5 Å². The molecule has 0 spiro atoms. The highest BCUT2D eigenvalue weighted by Crippen LogP contribution is 2.27. The van der Waals surface area contributed by atoms with Gasteiger partial charge in [0.2, 0.25) is 11.8 Å². The maximum absolute atomic E-state index is 12.6. The molecule has 1 saturated heterocycles. The summed E-state index contributed by atoms with van der Waals surface area (Å²) in [6.07, 6.45) is 5.40. The van der Waals surface area contributed by atoms with Crippen LogP contribution in [0.15, 0.2) is 24.3 Å². The van der Waals surface area contributed by atoms with E-state index in [4.69, 9.17) is 4.74 Å². The van der Waals surface area contributed by atoms with E-state index in [-0.39, 0.29) is 24.2 Å². The zero-order valence-corrected chi connectivity index (χ0v) is 16.8. The minimum absolute atomic E-state index is 0.0295. The largest absolute Gasteiger partial charge is 0.497 e. The van der Waals surface area contributed by atoms with Gasteiger partial charge in [-0.2, -0.15) is 0 Å². The molecule has 0 radical (unpaired) electrons. The molecule has 1 aromatic heterocycles. The topological polar surface area (TPSA) is 89.3 Å². The number of aryl methyl sites for hydroxylation is 1. The summed E-state index contributed by atoms with van der Waals surface area (Å²) in [7, 11) is 1.60. The number of aromatic nitrogens is 3. The molecular weight excluding hydrogens is 370 g/mol. The van der Waals surface area contributed by atoms with Gasteiger partial charge in [0.25, 0.3) is 0 Å². The SMILES string of the molecule is COc1ccc(N2CC(C(=O)NCCc3nnc4n3CCCCC4)CC2=O)cc1. The number of nitrogens with one attached hydrogen (secondary N) is 1. The average molecular weight is 397 g/mol. The van der Waals surface area contributed by atoms with E-state index in [2.05, 4.69) is 20.1 Å². The lowest BCUT2D eigenvalue weighted by Gasteiger charge is -2.17. The number of hydrogen-bond acceptors (Lipinski definition) is 5. The third-order valence-electron chi connectivity index (χ3n) is 5.71. The van der Waals surface area contributed by atoms with Gasteiger partial charge in [-0.15, -0.1) is 10.2 Å². The predicted molar refractivity (Wildman–Crippen MR) is 108 cm³/mol. The van der Waals surface area contributed by atoms with E-state index >= 15 is 0 Å². The van der Waals surface area contributed by atoms with Crippen molar-refractivity contribution in [3.63, 3.8) is 0 Å². The first-order valence-corrected chi connectivity index (χ1v) is 10.3. The van der Waals surface area contributed by atoms with Crippen molar-refractivity contribution in [1.29, 1.82) is 0 Å². The molecule has 1 fully saturated rings. The van der Waals surface area contributed by atoms with Crippen molar-refractivity contribution in [2.24, 2.45) is 5.92 Å². The Hall–Kier alpha value is -2.90. The molecule has 1 aromatic carbocycles. The number of benzene rings is 1. The van der Waals surface area contributed by atoms with Crippen LogP contribution in [-0.4, -0.2) is 46.8 Å². The van der Waals surface area contributed by atoms with E-state index in [1.54, 1.807) is 12.0 Å². The van der Waals surface area contributed by atoms with Crippen LogP contribution in [0.4, 0.5) is 5.69 Å². The molecule has 8 heteroatoms. The van der Waals surface area contributed by atoms with Crippen molar-refractivity contribution in [2.45, 2.75) is 45.1 Å². The van der Waals surface area contributed by atoms with Crippen molar-refractivity contribution >= 4 is 17.5 Å². The summed E-state index contributed by atoms with van der Waals surface area (Å²) in [6.45, 7) is 1.86. The molecule has 1 unspecified atom stereocenters. The smallest absolute Gasteiger partial charge is 0.227 e. The van der Waals surface area contributed by atoms with Gasteiger partial charge in [0.1, 0.15) is 17.4 Å². The fourth-order valence-corrected chi connectivity index (χ4v) is 4.07. The molecule has 0 aliphatic carbocycles. The zero-order chi connectivity index (χ0) is 20.2. The Balaban J connectivity index is 1.30. The van der Waals surface area contributed by atoms with Crippen molar-refractivity contribution in [2.75, 3.05) is 25.1 Å². The Morgan fingerprint density at radius 1 is 1.21 bits per heavy atom. The van der Waals surface area contributed by atoms with Crippen LogP contribution < -0.4 is 15.0 Å². The first kappa shape index (κ1) is 19.4. The van der Waals surface area contributed by atoms with Crippen LogP contribution in [0, 0.1) is 5.92 Å². The summed E-state index contributed by atoms with van der Waals surface area (Å²) >= 11 is 0. The van der Waals surface area contributed by atoms with Crippen molar-refractivity contribution in [3.8, 4) is 5.75 Å². The maximum atomic E-state index is 12.6. The number of nitrogens with zero attached hydrogens (tertiary/aromatic N) is 4. The van der Waals surface area contributed by atoms with Crippen LogP contribution >= 0.6 is 0 Å². The number of hydrogen-bond donors (Lipinski definition) is 1. The van der Waals surface area contributed by atoms with Gasteiger partial charge in [0.05, 0.1) is 13.0 Å². The number of ether oxygens (including phenoxy) is 1. The zero-order valence-electron chi connectivity index (χ0n) is 16.8. The predicted octanol–water partition coefficient (Wildman–Crippen LogP) is 1.72. The summed E-state index contributed by atoms with van der Waals surface area (Å²) in [4.78, 5) is 26.6. The molecule has 2 amide bonds. The van der Waals surface area contributed by atoms with Gasteiger partial charge >= 0.3 is 0 Å². The highest BCUT2D eigenvalue weighted by Gasteiger charge is 2.35. The Kier molecular flexibility index (Phi) is 5.78. The van der Waals surface area contributed by atoms with Gasteiger partial charge in [0.15, 0.2) is 0 Å². The second-order valence-electron chi connectivity index (χ2n) is 7.64. The highest BCUT2D eigenvalue weighted by atomic mass is 16.5. The number of rotatable bonds is 6. The summed E-state index contributed by atoms with van der Waals surface area (Å²) < 4.78 is 7.35. The van der Waals surface area contributed by atoms with Crippen LogP contribution in [0.2, 0.25) is 0 Å². The Bertz CT molecular complexity index is 877. The summed E-state index contributed by atoms with van der Waals surface area (Å²) in [5, 5.41) is 11.6. The molecule has 2 aliphatic heterocycles. The molecule has 1 N–H and O–H groups in total. The Labute approximate surface area is 170 Å². The number of carbonyl (C=O) groups excluding carboxylic acids is 2. The maximum Gasteiger partial charge on any atom is 0.227 e. The quantitative estimate of drug-likeness (QED) is 0.802. The summed E-state index contributed by atoms with van der Waals surface area (Å²) in [6, 6.07) is 7.32. The number of amides is 2. The number of carbonyl (C=O) groups is 2. The summed E-state index contributed by atoms with van der Waals surface area (Å²) in [5.41, 5.74) is 0.789. The van der Waals surface area contributed by atoms with Gasteiger partial charge in [0, 0.05) is 44.6 Å². The highest BCUT2D eigenvalue weighted by molar-refractivity contribution is 6.00. The lowest BCUT2D eigenvalue weighted by atomic mass is 10.1. The molecular formula is C21H27N5O3. The molecule has 0 saturated carbocycles. The molecule has 2 aromatic rings. The third-order valence-corrected chi connectivity index (χ3v) is 5.71. The standard InChI is InChI=1S/C21H27N5O3/c1-29-17-8-6-16(7-9-17)26-14-15(13-20(26)27)21(28)22-11-10-19-24-23-18-5-3-2-4-12-25(18)19/h6-9,15H,2-5,10-14H2,1H3,(H,22,28). The van der Waals surface area contributed by atoms with Crippen LogP contribution in [0.3, 0.4) is 0 Å². The van der Waals surface area contributed by atoms with E-state index in [1.807, 2.05) is 24.3 Å². The lowest BCUT2D eigenvalue weighted by molar-refractivity contribution is -0.126. The Morgan fingerprint density at radius 2 is 2.03 bits per heavy atom. The van der Waals surface area contributed by atoms with Crippen LogP contribution in [0.5, 0.6) is 5.75 Å². The first-order chi connectivity index (χ1) is 14.2. The molecule has 3 heterocycles. The number of methoxy groups -OCH3 is 1. The monoisotopic (exact) mass is 397 g/mol. The molecule has 8 nitrogen and oxygen atoms in total. The van der Waals surface area contributed by atoms with Crippen LogP contribution in [0.1, 0.15) is 37.3 Å². The van der Waals surface area contributed by atoms with Gasteiger partial charge in [-0.1, -0.05) is 6.42 Å². The second-order valence-corrected chi connectivity index (χ2v) is 7.64. The van der Waals surface area contributed by atoms with Crippen molar-refractivity contribution < 1.29 is 14.3 Å². The lowest BCUT2D eigenvalue weighted by Crippen LogP contribution is -2.34.